The predicted molar refractivity (Wildman–Crippen MR) is 61.4 cm³/mol. The Balaban J connectivity index is 3.61. The summed E-state index contributed by atoms with van der Waals surface area (Å²) in [6.07, 6.45) is 0.678. The topological polar surface area (TPSA) is 23.5 Å². The average Bonchev–Trinajstić information content (AvgIpc) is 2.13. The molecule has 0 aromatic carbocycles. The van der Waals surface area contributed by atoms with Crippen molar-refractivity contribution in [2.24, 2.45) is 0 Å². The lowest BCUT2D eigenvalue weighted by Gasteiger charge is -2.26. The van der Waals surface area contributed by atoms with Gasteiger partial charge in [0.2, 0.25) is 0 Å². The lowest BCUT2D eigenvalue weighted by Crippen LogP contribution is -2.37. The zero-order valence-electron chi connectivity index (χ0n) is 9.29. The summed E-state index contributed by atoms with van der Waals surface area (Å²) in [7, 11) is 2.08. The fourth-order valence-corrected chi connectivity index (χ4v) is 1.89. The molecule has 0 saturated heterocycles. The molecule has 3 heteroatoms. The van der Waals surface area contributed by atoms with Gasteiger partial charge in [0.15, 0.2) is 0 Å². The van der Waals surface area contributed by atoms with Gasteiger partial charge >= 0.3 is 0 Å². The van der Waals surface area contributed by atoms with Gasteiger partial charge in [0.05, 0.1) is 6.10 Å². The lowest BCUT2D eigenvalue weighted by molar-refractivity contribution is 0.109. The molecule has 13 heavy (non-hydrogen) atoms. The molecule has 0 radical (unpaired) electrons. The van der Waals surface area contributed by atoms with E-state index in [-0.39, 0.29) is 6.10 Å². The molecule has 0 fully saturated rings. The van der Waals surface area contributed by atoms with Crippen LogP contribution in [0.3, 0.4) is 0 Å². The van der Waals surface area contributed by atoms with E-state index < -0.39 is 0 Å². The summed E-state index contributed by atoms with van der Waals surface area (Å²) in [5.74, 6) is 2.33. The maximum absolute atomic E-state index is 9.45. The Kier molecular flexibility index (Phi) is 7.81. The maximum Gasteiger partial charge on any atom is 0.0664 e. The molecule has 0 aromatic heterocycles. The van der Waals surface area contributed by atoms with Crippen LogP contribution < -0.4 is 0 Å². The van der Waals surface area contributed by atoms with Gasteiger partial charge in [-0.25, -0.2) is 0 Å². The number of likely N-dealkylation sites (N-methyl/N-ethyl adjacent to an activating group) is 1. The van der Waals surface area contributed by atoms with E-state index in [4.69, 9.17) is 0 Å². The van der Waals surface area contributed by atoms with Gasteiger partial charge in [0.1, 0.15) is 0 Å². The Morgan fingerprint density at radius 1 is 1.38 bits per heavy atom. The molecule has 0 rings (SSSR count). The van der Waals surface area contributed by atoms with E-state index >= 15 is 0 Å². The molecule has 1 N–H and O–H groups in total. The maximum atomic E-state index is 9.45. The van der Waals surface area contributed by atoms with Gasteiger partial charge in [-0.3, -0.25) is 0 Å². The molecular formula is C10H23NOS. The minimum Gasteiger partial charge on any atom is -0.392 e. The highest BCUT2D eigenvalue weighted by Crippen LogP contribution is 2.07. The zero-order chi connectivity index (χ0) is 10.3. The Morgan fingerprint density at radius 2 is 2.00 bits per heavy atom. The van der Waals surface area contributed by atoms with E-state index in [9.17, 15) is 5.11 Å². The summed E-state index contributed by atoms with van der Waals surface area (Å²) >= 11 is 1.96. The number of hydrogen-bond acceptors (Lipinski definition) is 3. The van der Waals surface area contributed by atoms with Gasteiger partial charge in [0, 0.05) is 18.3 Å². The Morgan fingerprint density at radius 3 is 2.46 bits per heavy atom. The fraction of sp³-hybridized carbons (Fsp3) is 1.00. The standard InChI is InChI=1S/C10H23NOS/c1-5-10(12)7-11(4)9(3)8-13-6-2/h9-10,12H,5-8H2,1-4H3/t9-,10+/m0/s1. The molecule has 0 amide bonds. The Hall–Kier alpha value is 0.270. The van der Waals surface area contributed by atoms with E-state index in [1.807, 2.05) is 18.7 Å². The van der Waals surface area contributed by atoms with Crippen LogP contribution in [0.1, 0.15) is 27.2 Å². The summed E-state index contributed by atoms with van der Waals surface area (Å²) in [5.41, 5.74) is 0. The van der Waals surface area contributed by atoms with Crippen molar-refractivity contribution in [2.45, 2.75) is 39.3 Å². The third kappa shape index (κ3) is 6.36. The molecule has 0 heterocycles. The van der Waals surface area contributed by atoms with Crippen LogP contribution in [-0.2, 0) is 0 Å². The molecule has 0 bridgehead atoms. The predicted octanol–water partition coefficient (Wildman–Crippen LogP) is 1.83. The van der Waals surface area contributed by atoms with E-state index in [0.29, 0.717) is 6.04 Å². The van der Waals surface area contributed by atoms with Gasteiger partial charge in [0.25, 0.3) is 0 Å². The van der Waals surface area contributed by atoms with Crippen LogP contribution in [0, 0.1) is 0 Å². The van der Waals surface area contributed by atoms with Crippen molar-refractivity contribution < 1.29 is 5.11 Å². The molecule has 2 nitrogen and oxygen atoms in total. The first-order valence-electron chi connectivity index (χ1n) is 5.07. The highest BCUT2D eigenvalue weighted by molar-refractivity contribution is 7.99. The average molecular weight is 205 g/mol. The summed E-state index contributed by atoms with van der Waals surface area (Å²) in [4.78, 5) is 2.23. The third-order valence-corrected chi connectivity index (χ3v) is 3.41. The van der Waals surface area contributed by atoms with Crippen LogP contribution in [0.2, 0.25) is 0 Å². The second kappa shape index (κ2) is 7.65. The Bertz CT molecular complexity index is 121. The SMILES string of the molecule is CCSC[C@H](C)N(C)C[C@H](O)CC. The highest BCUT2D eigenvalue weighted by atomic mass is 32.2. The molecule has 0 aromatic rings. The van der Waals surface area contributed by atoms with Crippen LogP contribution >= 0.6 is 11.8 Å². The first-order chi connectivity index (χ1) is 6.11. The van der Waals surface area contributed by atoms with Crippen LogP contribution in [0.15, 0.2) is 0 Å². The van der Waals surface area contributed by atoms with Crippen molar-refractivity contribution in [1.82, 2.24) is 4.90 Å². The molecule has 0 unspecified atom stereocenters. The normalized spacial score (nSPS) is 16.2. The van der Waals surface area contributed by atoms with Crippen molar-refractivity contribution in [3.05, 3.63) is 0 Å². The van der Waals surface area contributed by atoms with E-state index in [2.05, 4.69) is 25.8 Å². The smallest absolute Gasteiger partial charge is 0.0664 e. The molecule has 0 spiro atoms. The summed E-state index contributed by atoms with van der Waals surface area (Å²) in [5, 5.41) is 9.45. The summed E-state index contributed by atoms with van der Waals surface area (Å²) in [6.45, 7) is 7.20. The molecule has 80 valence electrons. The largest absolute Gasteiger partial charge is 0.392 e. The van der Waals surface area contributed by atoms with E-state index in [0.717, 1.165) is 18.7 Å². The number of aliphatic hydroxyl groups excluding tert-OH is 1. The molecule has 2 atom stereocenters. The second-order valence-corrected chi connectivity index (χ2v) is 4.83. The number of thioether (sulfide) groups is 1. The van der Waals surface area contributed by atoms with Crippen LogP contribution in [0.4, 0.5) is 0 Å². The van der Waals surface area contributed by atoms with Gasteiger partial charge in [-0.1, -0.05) is 13.8 Å². The van der Waals surface area contributed by atoms with Gasteiger partial charge in [-0.2, -0.15) is 11.8 Å². The van der Waals surface area contributed by atoms with Gasteiger partial charge < -0.3 is 10.0 Å². The van der Waals surface area contributed by atoms with E-state index in [1.165, 1.54) is 5.75 Å². The number of aliphatic hydroxyl groups is 1. The lowest BCUT2D eigenvalue weighted by atomic mass is 10.2. The van der Waals surface area contributed by atoms with Gasteiger partial charge in [-0.05, 0) is 26.1 Å². The molecule has 0 aliphatic carbocycles. The molecular weight excluding hydrogens is 182 g/mol. The molecule has 0 saturated carbocycles. The fourth-order valence-electron chi connectivity index (χ4n) is 1.06. The highest BCUT2D eigenvalue weighted by Gasteiger charge is 2.11. The number of rotatable bonds is 7. The number of nitrogens with zero attached hydrogens (tertiary/aromatic N) is 1. The third-order valence-electron chi connectivity index (χ3n) is 2.29. The zero-order valence-corrected chi connectivity index (χ0v) is 10.1. The molecule has 0 aliphatic heterocycles. The van der Waals surface area contributed by atoms with Crippen molar-refractivity contribution in [2.75, 3.05) is 25.1 Å². The minimum atomic E-state index is -0.168. The second-order valence-electron chi connectivity index (χ2n) is 3.51. The van der Waals surface area contributed by atoms with Crippen molar-refractivity contribution in [1.29, 1.82) is 0 Å². The van der Waals surface area contributed by atoms with E-state index in [1.54, 1.807) is 0 Å². The van der Waals surface area contributed by atoms with Crippen LogP contribution in [0.25, 0.3) is 0 Å². The van der Waals surface area contributed by atoms with Crippen molar-refractivity contribution in [3.63, 3.8) is 0 Å². The number of hydrogen-bond donors (Lipinski definition) is 1. The Labute approximate surface area is 86.7 Å². The first kappa shape index (κ1) is 13.3. The molecule has 0 aliphatic rings. The monoisotopic (exact) mass is 205 g/mol. The first-order valence-corrected chi connectivity index (χ1v) is 6.23. The van der Waals surface area contributed by atoms with Crippen LogP contribution in [0.5, 0.6) is 0 Å². The van der Waals surface area contributed by atoms with Crippen molar-refractivity contribution >= 4 is 11.8 Å². The summed E-state index contributed by atoms with van der Waals surface area (Å²) < 4.78 is 0. The van der Waals surface area contributed by atoms with Crippen molar-refractivity contribution in [3.8, 4) is 0 Å². The summed E-state index contributed by atoms with van der Waals surface area (Å²) in [6, 6.07) is 0.561. The van der Waals surface area contributed by atoms with Gasteiger partial charge in [-0.15, -0.1) is 0 Å². The minimum absolute atomic E-state index is 0.168. The van der Waals surface area contributed by atoms with Crippen LogP contribution in [-0.4, -0.2) is 47.3 Å². The quantitative estimate of drug-likeness (QED) is 0.686.